The summed E-state index contributed by atoms with van der Waals surface area (Å²) < 4.78 is 0. The highest BCUT2D eigenvalue weighted by molar-refractivity contribution is 5.31. The first kappa shape index (κ1) is 13.6. The lowest BCUT2D eigenvalue weighted by atomic mass is 9.77. The maximum Gasteiger partial charge on any atom is -0.00258 e. The average Bonchev–Trinajstić information content (AvgIpc) is 2.28. The van der Waals surface area contributed by atoms with Gasteiger partial charge in [0, 0.05) is 0 Å². The van der Waals surface area contributed by atoms with Crippen molar-refractivity contribution in [3.05, 3.63) is 35.4 Å². The maximum atomic E-state index is 3.53. The molecule has 0 unspecified atom stereocenters. The van der Waals surface area contributed by atoms with E-state index in [2.05, 4.69) is 43.4 Å². The van der Waals surface area contributed by atoms with Crippen LogP contribution in [0.5, 0.6) is 0 Å². The molecule has 0 radical (unpaired) electrons. The van der Waals surface area contributed by atoms with Crippen molar-refractivity contribution in [2.24, 2.45) is 5.92 Å². The van der Waals surface area contributed by atoms with E-state index in [4.69, 9.17) is 0 Å². The number of aryl methyl sites for hydroxylation is 1. The minimum atomic E-state index is 0.757. The lowest BCUT2D eigenvalue weighted by molar-refractivity contribution is 0.416. The second-order valence-corrected chi connectivity index (χ2v) is 6.03. The molecule has 1 aromatic carbocycles. The molecule has 0 amide bonds. The van der Waals surface area contributed by atoms with Gasteiger partial charge in [-0.2, -0.15) is 0 Å². The van der Waals surface area contributed by atoms with Gasteiger partial charge in [-0.05, 0) is 61.7 Å². The zero-order valence-electron chi connectivity index (χ0n) is 11.9. The van der Waals surface area contributed by atoms with Crippen molar-refractivity contribution in [1.82, 2.24) is 5.32 Å². The Kier molecular flexibility index (Phi) is 5.25. The Morgan fingerprint density at radius 1 is 1.22 bits per heavy atom. The smallest absolute Gasteiger partial charge is 0.00258 e. The van der Waals surface area contributed by atoms with Crippen LogP contribution in [-0.2, 0) is 6.42 Å². The van der Waals surface area contributed by atoms with Crippen LogP contribution in [0.15, 0.2) is 24.3 Å². The first-order chi connectivity index (χ1) is 8.77. The van der Waals surface area contributed by atoms with Gasteiger partial charge in [-0.3, -0.25) is 0 Å². The van der Waals surface area contributed by atoms with Crippen molar-refractivity contribution >= 4 is 0 Å². The second-order valence-electron chi connectivity index (χ2n) is 6.03. The third-order valence-corrected chi connectivity index (χ3v) is 3.95. The highest BCUT2D eigenvalue weighted by Gasteiger charge is 2.21. The summed E-state index contributed by atoms with van der Waals surface area (Å²) in [7, 11) is 0. The number of rotatable bonds is 7. The predicted octanol–water partition coefficient (Wildman–Crippen LogP) is 4.13. The van der Waals surface area contributed by atoms with Crippen molar-refractivity contribution < 1.29 is 0 Å². The standard InChI is InChI=1S/C17H27N/c1-14(2)13-18-12-6-10-15-7-3-4-11-17(15)16-8-5-9-16/h3-4,7,11,14,16,18H,5-6,8-10,12-13H2,1-2H3. The second kappa shape index (κ2) is 6.94. The molecule has 0 aromatic heterocycles. The molecule has 0 heterocycles. The van der Waals surface area contributed by atoms with Crippen molar-refractivity contribution in [1.29, 1.82) is 0 Å². The summed E-state index contributed by atoms with van der Waals surface area (Å²) in [5, 5.41) is 3.53. The lowest BCUT2D eigenvalue weighted by Crippen LogP contribution is -2.21. The summed E-state index contributed by atoms with van der Waals surface area (Å²) in [5.41, 5.74) is 3.22. The van der Waals surface area contributed by atoms with Crippen LogP contribution in [0, 0.1) is 5.92 Å². The quantitative estimate of drug-likeness (QED) is 0.712. The Balaban J connectivity index is 1.78. The van der Waals surface area contributed by atoms with Crippen LogP contribution < -0.4 is 5.32 Å². The van der Waals surface area contributed by atoms with E-state index in [0.29, 0.717) is 0 Å². The topological polar surface area (TPSA) is 12.0 Å². The number of hydrogen-bond acceptors (Lipinski definition) is 1. The summed E-state index contributed by atoms with van der Waals surface area (Å²) in [4.78, 5) is 0. The van der Waals surface area contributed by atoms with Crippen molar-refractivity contribution in [3.8, 4) is 0 Å². The van der Waals surface area contributed by atoms with Gasteiger partial charge in [0.1, 0.15) is 0 Å². The van der Waals surface area contributed by atoms with Gasteiger partial charge in [-0.15, -0.1) is 0 Å². The average molecular weight is 245 g/mol. The summed E-state index contributed by atoms with van der Waals surface area (Å²) >= 11 is 0. The Hall–Kier alpha value is -0.820. The molecular formula is C17H27N. The monoisotopic (exact) mass is 245 g/mol. The van der Waals surface area contributed by atoms with E-state index in [0.717, 1.165) is 24.9 Å². The molecule has 0 atom stereocenters. The minimum absolute atomic E-state index is 0.757. The molecule has 1 aliphatic carbocycles. The molecule has 100 valence electrons. The molecule has 1 heteroatoms. The van der Waals surface area contributed by atoms with Gasteiger partial charge in [0.05, 0.1) is 0 Å². The minimum Gasteiger partial charge on any atom is -0.316 e. The van der Waals surface area contributed by atoms with E-state index >= 15 is 0 Å². The third-order valence-electron chi connectivity index (χ3n) is 3.95. The van der Waals surface area contributed by atoms with E-state index in [1.54, 1.807) is 11.1 Å². The zero-order valence-corrected chi connectivity index (χ0v) is 11.9. The largest absolute Gasteiger partial charge is 0.316 e. The van der Waals surface area contributed by atoms with E-state index in [1.807, 2.05) is 0 Å². The van der Waals surface area contributed by atoms with Crippen molar-refractivity contribution in [2.75, 3.05) is 13.1 Å². The van der Waals surface area contributed by atoms with Gasteiger partial charge in [0.25, 0.3) is 0 Å². The Morgan fingerprint density at radius 2 is 2.00 bits per heavy atom. The molecule has 2 rings (SSSR count). The molecular weight excluding hydrogens is 218 g/mol. The molecule has 0 aliphatic heterocycles. The molecule has 1 aromatic rings. The number of hydrogen-bond donors (Lipinski definition) is 1. The van der Waals surface area contributed by atoms with Gasteiger partial charge in [-0.1, -0.05) is 44.5 Å². The van der Waals surface area contributed by atoms with Crippen LogP contribution in [-0.4, -0.2) is 13.1 Å². The Bertz CT molecular complexity index is 352. The summed E-state index contributed by atoms with van der Waals surface area (Å²) in [5.74, 6) is 1.62. The highest BCUT2D eigenvalue weighted by atomic mass is 14.8. The fourth-order valence-electron chi connectivity index (χ4n) is 2.67. The summed E-state index contributed by atoms with van der Waals surface area (Å²) in [6.45, 7) is 6.82. The van der Waals surface area contributed by atoms with E-state index in [1.165, 1.54) is 32.1 Å². The molecule has 0 bridgehead atoms. The Labute approximate surface area is 112 Å². The molecule has 0 spiro atoms. The van der Waals surface area contributed by atoms with E-state index in [-0.39, 0.29) is 0 Å². The molecule has 0 saturated heterocycles. The summed E-state index contributed by atoms with van der Waals surface area (Å²) in [6, 6.07) is 9.07. The Morgan fingerprint density at radius 3 is 2.67 bits per heavy atom. The van der Waals surface area contributed by atoms with Gasteiger partial charge in [-0.25, -0.2) is 0 Å². The normalized spacial score (nSPS) is 15.9. The molecule has 1 fully saturated rings. The van der Waals surface area contributed by atoms with Crippen LogP contribution in [0.1, 0.15) is 56.6 Å². The molecule has 1 nitrogen and oxygen atoms in total. The zero-order chi connectivity index (χ0) is 12.8. The van der Waals surface area contributed by atoms with Crippen molar-refractivity contribution in [2.45, 2.75) is 51.9 Å². The summed E-state index contributed by atoms with van der Waals surface area (Å²) in [6.07, 6.45) is 6.73. The van der Waals surface area contributed by atoms with E-state index < -0.39 is 0 Å². The SMILES string of the molecule is CC(C)CNCCCc1ccccc1C1CCC1. The molecule has 1 N–H and O–H groups in total. The van der Waals surface area contributed by atoms with Crippen LogP contribution in [0.4, 0.5) is 0 Å². The van der Waals surface area contributed by atoms with Gasteiger partial charge < -0.3 is 5.32 Å². The van der Waals surface area contributed by atoms with Crippen LogP contribution >= 0.6 is 0 Å². The first-order valence-corrected chi connectivity index (χ1v) is 7.56. The van der Waals surface area contributed by atoms with Crippen LogP contribution in [0.3, 0.4) is 0 Å². The van der Waals surface area contributed by atoms with E-state index in [9.17, 15) is 0 Å². The van der Waals surface area contributed by atoms with Gasteiger partial charge >= 0.3 is 0 Å². The molecule has 18 heavy (non-hydrogen) atoms. The fraction of sp³-hybridized carbons (Fsp3) is 0.647. The van der Waals surface area contributed by atoms with Gasteiger partial charge in [0.2, 0.25) is 0 Å². The van der Waals surface area contributed by atoms with Crippen molar-refractivity contribution in [3.63, 3.8) is 0 Å². The van der Waals surface area contributed by atoms with Gasteiger partial charge in [0.15, 0.2) is 0 Å². The fourth-order valence-corrected chi connectivity index (χ4v) is 2.67. The highest BCUT2D eigenvalue weighted by Crippen LogP contribution is 2.38. The van der Waals surface area contributed by atoms with Crippen LogP contribution in [0.2, 0.25) is 0 Å². The lowest BCUT2D eigenvalue weighted by Gasteiger charge is -2.28. The molecule has 1 aliphatic rings. The predicted molar refractivity (Wildman–Crippen MR) is 79.1 cm³/mol. The third kappa shape index (κ3) is 3.84. The van der Waals surface area contributed by atoms with Crippen LogP contribution in [0.25, 0.3) is 0 Å². The number of nitrogens with one attached hydrogen (secondary N) is 1. The number of benzene rings is 1. The molecule has 1 saturated carbocycles. The first-order valence-electron chi connectivity index (χ1n) is 7.56. The maximum absolute atomic E-state index is 3.53.